The molecule has 80 valence electrons. The minimum atomic E-state index is -1.55. The fourth-order valence-electron chi connectivity index (χ4n) is 1.12. The summed E-state index contributed by atoms with van der Waals surface area (Å²) in [4.78, 5) is 10.8. The Morgan fingerprint density at radius 1 is 1.40 bits per heavy atom. The Kier molecular flexibility index (Phi) is 4.03. The first-order valence-electron chi connectivity index (χ1n) is 4.36. The lowest BCUT2D eigenvalue weighted by Gasteiger charge is -2.06. The smallest absolute Gasteiger partial charge is 0.330 e. The van der Waals surface area contributed by atoms with Gasteiger partial charge in [-0.2, -0.15) is 0 Å². The lowest BCUT2D eigenvalue weighted by Crippen LogP contribution is -1.98. The van der Waals surface area contributed by atoms with Crippen LogP contribution < -0.4 is 0 Å². The molecule has 4 heteroatoms. The van der Waals surface area contributed by atoms with Crippen LogP contribution in [-0.4, -0.2) is 23.3 Å². The molecule has 0 saturated carbocycles. The predicted octanol–water partition coefficient (Wildman–Crippen LogP) is 0.856. The maximum absolute atomic E-state index is 10.8. The van der Waals surface area contributed by atoms with E-state index < -0.39 is 12.3 Å². The van der Waals surface area contributed by atoms with Gasteiger partial charge in [-0.15, -0.1) is 0 Å². The molecule has 0 aliphatic rings. The monoisotopic (exact) mass is 208 g/mol. The van der Waals surface area contributed by atoms with Crippen LogP contribution in [0, 0.1) is 0 Å². The molecule has 0 spiro atoms. The van der Waals surface area contributed by atoms with E-state index >= 15 is 0 Å². The number of esters is 1. The Bertz CT molecular complexity index is 369. The van der Waals surface area contributed by atoms with Crippen molar-refractivity contribution in [1.29, 1.82) is 0 Å². The predicted molar refractivity (Wildman–Crippen MR) is 54.7 cm³/mol. The van der Waals surface area contributed by atoms with Gasteiger partial charge < -0.3 is 14.9 Å². The van der Waals surface area contributed by atoms with Gasteiger partial charge in [0.25, 0.3) is 0 Å². The molecule has 0 radical (unpaired) electrons. The molecule has 0 amide bonds. The van der Waals surface area contributed by atoms with Crippen molar-refractivity contribution in [2.45, 2.75) is 6.29 Å². The molecule has 15 heavy (non-hydrogen) atoms. The van der Waals surface area contributed by atoms with Gasteiger partial charge in [0.05, 0.1) is 7.11 Å². The van der Waals surface area contributed by atoms with E-state index in [9.17, 15) is 4.79 Å². The number of aliphatic hydroxyl groups excluding tert-OH is 1. The summed E-state index contributed by atoms with van der Waals surface area (Å²) >= 11 is 0. The first kappa shape index (κ1) is 11.4. The van der Waals surface area contributed by atoms with Crippen molar-refractivity contribution in [2.75, 3.05) is 7.11 Å². The van der Waals surface area contributed by atoms with Crippen LogP contribution in [0.1, 0.15) is 17.4 Å². The van der Waals surface area contributed by atoms with E-state index in [2.05, 4.69) is 4.74 Å². The minimum Gasteiger partial charge on any atom is -0.466 e. The van der Waals surface area contributed by atoms with Gasteiger partial charge in [0.1, 0.15) is 0 Å². The summed E-state index contributed by atoms with van der Waals surface area (Å²) in [6, 6.07) is 6.67. The molecule has 0 bridgehead atoms. The molecule has 0 heterocycles. The first-order valence-corrected chi connectivity index (χ1v) is 4.36. The Balaban J connectivity index is 2.94. The van der Waals surface area contributed by atoms with Crippen molar-refractivity contribution in [3.8, 4) is 0 Å². The third kappa shape index (κ3) is 3.19. The number of benzene rings is 1. The summed E-state index contributed by atoms with van der Waals surface area (Å²) in [5.74, 6) is -0.489. The quantitative estimate of drug-likeness (QED) is 0.439. The summed E-state index contributed by atoms with van der Waals surface area (Å²) in [6.45, 7) is 0. The molecular weight excluding hydrogens is 196 g/mol. The van der Waals surface area contributed by atoms with Crippen LogP contribution in [0.4, 0.5) is 0 Å². The van der Waals surface area contributed by atoms with Gasteiger partial charge in [-0.3, -0.25) is 0 Å². The number of rotatable bonds is 3. The average Bonchev–Trinajstić information content (AvgIpc) is 2.26. The largest absolute Gasteiger partial charge is 0.466 e. The number of hydrogen-bond donors (Lipinski definition) is 2. The van der Waals surface area contributed by atoms with Crippen molar-refractivity contribution < 1.29 is 19.7 Å². The van der Waals surface area contributed by atoms with Crippen molar-refractivity contribution >= 4 is 12.0 Å². The molecule has 0 aliphatic carbocycles. The highest BCUT2D eigenvalue weighted by atomic mass is 16.5. The number of carbonyl (C=O) groups excluding carboxylic acids is 1. The molecule has 0 aromatic heterocycles. The molecule has 0 fully saturated rings. The highest BCUT2D eigenvalue weighted by Gasteiger charge is 2.06. The molecule has 0 aliphatic heterocycles. The van der Waals surface area contributed by atoms with Crippen LogP contribution in [0.3, 0.4) is 0 Å². The standard InChI is InChI=1S/C11H12O4/c1-15-10(12)7-6-8-4-2-3-5-9(8)11(13)14/h2-7,11,13-14H,1H3/b7-6+. The lowest BCUT2D eigenvalue weighted by molar-refractivity contribution is -0.134. The fraction of sp³-hybridized carbons (Fsp3) is 0.182. The second-order valence-corrected chi connectivity index (χ2v) is 2.86. The van der Waals surface area contributed by atoms with E-state index in [0.29, 0.717) is 11.1 Å². The molecule has 2 N–H and O–H groups in total. The zero-order valence-corrected chi connectivity index (χ0v) is 8.25. The first-order chi connectivity index (χ1) is 7.15. The minimum absolute atomic E-state index is 0.345. The van der Waals surface area contributed by atoms with Gasteiger partial charge in [-0.05, 0) is 11.6 Å². The Labute approximate surface area is 87.4 Å². The third-order valence-electron chi connectivity index (χ3n) is 1.87. The number of carbonyl (C=O) groups is 1. The van der Waals surface area contributed by atoms with Crippen LogP contribution in [0.5, 0.6) is 0 Å². The van der Waals surface area contributed by atoms with Gasteiger partial charge in [0.15, 0.2) is 6.29 Å². The summed E-state index contributed by atoms with van der Waals surface area (Å²) in [7, 11) is 1.28. The normalized spacial score (nSPS) is 10.9. The van der Waals surface area contributed by atoms with Crippen LogP contribution in [0.15, 0.2) is 30.3 Å². The second-order valence-electron chi connectivity index (χ2n) is 2.86. The van der Waals surface area contributed by atoms with Crippen LogP contribution >= 0.6 is 0 Å². The van der Waals surface area contributed by atoms with Crippen LogP contribution in [-0.2, 0) is 9.53 Å². The maximum atomic E-state index is 10.8. The van der Waals surface area contributed by atoms with Gasteiger partial charge in [-0.1, -0.05) is 24.3 Å². The summed E-state index contributed by atoms with van der Waals surface area (Å²) in [6.07, 6.45) is 1.14. The van der Waals surface area contributed by atoms with Gasteiger partial charge in [0.2, 0.25) is 0 Å². The van der Waals surface area contributed by atoms with Crippen molar-refractivity contribution in [1.82, 2.24) is 0 Å². The molecular formula is C11H12O4. The van der Waals surface area contributed by atoms with E-state index in [4.69, 9.17) is 10.2 Å². The van der Waals surface area contributed by atoms with Crippen LogP contribution in [0.2, 0.25) is 0 Å². The third-order valence-corrected chi connectivity index (χ3v) is 1.87. The molecule has 1 rings (SSSR count). The zero-order chi connectivity index (χ0) is 11.3. The van der Waals surface area contributed by atoms with E-state index in [1.165, 1.54) is 19.3 Å². The molecule has 4 nitrogen and oxygen atoms in total. The molecule has 0 atom stereocenters. The number of methoxy groups -OCH3 is 1. The van der Waals surface area contributed by atoms with Crippen molar-refractivity contribution in [3.63, 3.8) is 0 Å². The second kappa shape index (κ2) is 5.29. The Morgan fingerprint density at radius 2 is 2.07 bits per heavy atom. The van der Waals surface area contributed by atoms with Crippen molar-refractivity contribution in [3.05, 3.63) is 41.5 Å². The lowest BCUT2D eigenvalue weighted by atomic mass is 10.1. The van der Waals surface area contributed by atoms with Crippen LogP contribution in [0.25, 0.3) is 6.08 Å². The van der Waals surface area contributed by atoms with E-state index in [-0.39, 0.29) is 0 Å². The Hall–Kier alpha value is -1.65. The summed E-state index contributed by atoms with van der Waals surface area (Å²) in [5, 5.41) is 18.1. The Morgan fingerprint density at radius 3 is 2.67 bits per heavy atom. The van der Waals surface area contributed by atoms with Gasteiger partial charge in [-0.25, -0.2) is 4.79 Å². The highest BCUT2D eigenvalue weighted by Crippen LogP contribution is 2.16. The van der Waals surface area contributed by atoms with Gasteiger partial charge in [0, 0.05) is 11.6 Å². The number of hydrogen-bond acceptors (Lipinski definition) is 4. The zero-order valence-electron chi connectivity index (χ0n) is 8.25. The summed E-state index contributed by atoms with van der Waals surface area (Å²) < 4.78 is 4.42. The van der Waals surface area contributed by atoms with E-state index in [1.807, 2.05) is 0 Å². The molecule has 1 aromatic carbocycles. The van der Waals surface area contributed by atoms with Crippen molar-refractivity contribution in [2.24, 2.45) is 0 Å². The number of aliphatic hydroxyl groups is 2. The highest BCUT2D eigenvalue weighted by molar-refractivity contribution is 5.87. The average molecular weight is 208 g/mol. The maximum Gasteiger partial charge on any atom is 0.330 e. The topological polar surface area (TPSA) is 66.8 Å². The molecule has 0 saturated heterocycles. The number of ether oxygens (including phenoxy) is 1. The molecule has 0 unspecified atom stereocenters. The SMILES string of the molecule is COC(=O)/C=C/c1ccccc1C(O)O. The van der Waals surface area contributed by atoms with E-state index in [0.717, 1.165) is 0 Å². The summed E-state index contributed by atoms with van der Waals surface area (Å²) in [5.41, 5.74) is 0.913. The molecule has 1 aromatic rings. The fourth-order valence-corrected chi connectivity index (χ4v) is 1.12. The van der Waals surface area contributed by atoms with E-state index in [1.54, 1.807) is 24.3 Å². The van der Waals surface area contributed by atoms with Gasteiger partial charge >= 0.3 is 5.97 Å².